The van der Waals surface area contributed by atoms with E-state index >= 15 is 0 Å². The van der Waals surface area contributed by atoms with Crippen molar-refractivity contribution < 1.29 is 108 Å². The van der Waals surface area contributed by atoms with E-state index in [1.807, 2.05) is 0 Å². The van der Waals surface area contributed by atoms with Crippen LogP contribution in [0.2, 0.25) is 0 Å². The van der Waals surface area contributed by atoms with Crippen molar-refractivity contribution >= 4 is 46.4 Å². The fourth-order valence-electron chi connectivity index (χ4n) is 12.4. The first-order valence-electron chi connectivity index (χ1n) is 27.4. The molecule has 10 rings (SSSR count). The number of nitrogens with zero attached hydrogens (tertiary/aromatic N) is 2. The number of nitrogens with one attached hydrogen (secondary N) is 2. The molecule has 86 heavy (non-hydrogen) atoms. The number of rotatable bonds is 15. The van der Waals surface area contributed by atoms with Crippen molar-refractivity contribution in [1.82, 2.24) is 10.9 Å². The van der Waals surface area contributed by atoms with Crippen LogP contribution in [0.1, 0.15) is 151 Å². The number of fused-ring (bicyclic) bond motifs is 6. The molecule has 2 fully saturated rings. The Bertz CT molecular complexity index is 3320. The number of benzene rings is 4. The molecule has 12 unspecified atom stereocenters. The number of hydrogen-bond acceptors (Lipinski definition) is 26. The van der Waals surface area contributed by atoms with E-state index in [-0.39, 0.29) is 68.8 Å². The van der Waals surface area contributed by atoms with Crippen LogP contribution >= 0.6 is 0 Å². The molecule has 4 aromatic carbocycles. The predicted molar refractivity (Wildman–Crippen MR) is 294 cm³/mol. The van der Waals surface area contributed by atoms with Gasteiger partial charge in [-0.2, -0.15) is 10.2 Å². The second kappa shape index (κ2) is 23.4. The number of hydrogen-bond donors (Lipinski definition) is 14. The minimum absolute atomic E-state index is 0.0108. The Kier molecular flexibility index (Phi) is 16.7. The summed E-state index contributed by atoms with van der Waals surface area (Å²) in [4.78, 5) is 83.3. The molecule has 28 heteroatoms. The first kappa shape index (κ1) is 61.3. The maximum absolute atomic E-state index is 14.2. The zero-order chi connectivity index (χ0) is 62.2. The van der Waals surface area contributed by atoms with Crippen LogP contribution in [-0.4, -0.2) is 185 Å². The third-order valence-electron chi connectivity index (χ3n) is 16.9. The van der Waals surface area contributed by atoms with Crippen molar-refractivity contribution in [2.24, 2.45) is 21.7 Å². The van der Waals surface area contributed by atoms with Crippen molar-refractivity contribution in [3.8, 4) is 34.5 Å². The van der Waals surface area contributed by atoms with Crippen molar-refractivity contribution in [2.75, 3.05) is 27.4 Å². The van der Waals surface area contributed by atoms with Crippen molar-refractivity contribution in [2.45, 2.75) is 138 Å². The minimum atomic E-state index is -2.38. The molecule has 6 aliphatic rings. The normalized spacial score (nSPS) is 28.7. The molecule has 458 valence electrons. The number of aromatic hydroxyl groups is 4. The molecule has 2 saturated heterocycles. The van der Waals surface area contributed by atoms with Crippen molar-refractivity contribution in [3.05, 3.63) is 103 Å². The largest absolute Gasteiger partial charge is 0.507 e. The first-order valence-corrected chi connectivity index (χ1v) is 27.4. The minimum Gasteiger partial charge on any atom is -0.507 e. The number of phenolic OH excluding ortho intramolecular Hbond substituents is 4. The van der Waals surface area contributed by atoms with Gasteiger partial charge in [-0.1, -0.05) is 24.3 Å². The van der Waals surface area contributed by atoms with Gasteiger partial charge in [0, 0.05) is 96.8 Å². The van der Waals surface area contributed by atoms with E-state index in [0.717, 1.165) is 0 Å². The third-order valence-corrected chi connectivity index (χ3v) is 16.9. The summed E-state index contributed by atoms with van der Waals surface area (Å²) in [6.45, 7) is 0.925. The van der Waals surface area contributed by atoms with Gasteiger partial charge < -0.3 is 91.0 Å². The number of carbonyl (C=O) groups is 6. The van der Waals surface area contributed by atoms with Crippen molar-refractivity contribution in [3.63, 3.8) is 0 Å². The summed E-state index contributed by atoms with van der Waals surface area (Å²) >= 11 is 0. The van der Waals surface area contributed by atoms with Gasteiger partial charge in [-0.05, 0) is 26.0 Å². The van der Waals surface area contributed by atoms with Crippen LogP contribution in [0, 0.1) is 0 Å². The van der Waals surface area contributed by atoms with Crippen LogP contribution in [-0.2, 0) is 41.4 Å². The molecular weight excluding hydrogens is 1130 g/mol. The number of nitrogens with two attached hydrogens (primary N) is 2. The molecule has 0 bridgehead atoms. The highest BCUT2D eigenvalue weighted by Crippen LogP contribution is 2.55. The number of amides is 2. The number of ketones is 4. The summed E-state index contributed by atoms with van der Waals surface area (Å²) in [7, 11) is 2.55. The Hall–Kier alpha value is -7.84. The van der Waals surface area contributed by atoms with E-state index < -0.39 is 216 Å². The van der Waals surface area contributed by atoms with E-state index in [2.05, 4.69) is 21.1 Å². The van der Waals surface area contributed by atoms with Crippen LogP contribution in [0.15, 0.2) is 46.6 Å². The Labute approximate surface area is 488 Å². The van der Waals surface area contributed by atoms with Gasteiger partial charge in [0.25, 0.3) is 0 Å². The molecule has 0 saturated carbocycles. The lowest BCUT2D eigenvalue weighted by atomic mass is 9.71. The maximum atomic E-state index is 14.2. The molecule has 16 N–H and O–H groups in total. The average molecular weight is 1200 g/mol. The summed E-state index contributed by atoms with van der Waals surface area (Å²) in [5.41, 5.74) is 6.76. The number of phenols is 4. The molecule has 0 radical (unpaired) electrons. The fraction of sp³-hybridized carbons (Fsp3) is 0.448. The molecule has 0 aromatic heterocycles. The Morgan fingerprint density at radius 3 is 1.29 bits per heavy atom. The monoisotopic (exact) mass is 1200 g/mol. The molecule has 4 aliphatic carbocycles. The van der Waals surface area contributed by atoms with Crippen LogP contribution in [0.25, 0.3) is 0 Å². The van der Waals surface area contributed by atoms with Gasteiger partial charge in [0.2, 0.25) is 23.4 Å². The van der Waals surface area contributed by atoms with Crippen LogP contribution in [0.5, 0.6) is 34.5 Å². The fourth-order valence-corrected chi connectivity index (χ4v) is 12.4. The van der Waals surface area contributed by atoms with E-state index in [1.54, 1.807) is 0 Å². The molecule has 2 heterocycles. The average Bonchev–Trinajstić information content (AvgIpc) is 0.744. The second-order valence-electron chi connectivity index (χ2n) is 22.2. The topological polar surface area (TPSA) is 461 Å². The zero-order valence-corrected chi connectivity index (χ0v) is 46.7. The van der Waals surface area contributed by atoms with E-state index in [9.17, 15) is 79.8 Å². The van der Waals surface area contributed by atoms with Crippen LogP contribution in [0.3, 0.4) is 0 Å². The molecule has 4 aromatic rings. The summed E-state index contributed by atoms with van der Waals surface area (Å²) in [6.07, 6.45) is -13.6. The van der Waals surface area contributed by atoms with Gasteiger partial charge in [-0.15, -0.1) is 0 Å². The van der Waals surface area contributed by atoms with Gasteiger partial charge in [-0.3, -0.25) is 28.8 Å². The number of aliphatic hydroxyl groups excluding tert-OH is 4. The smallest absolute Gasteiger partial charge is 0.240 e. The predicted octanol–water partition coefficient (Wildman–Crippen LogP) is -0.397. The second-order valence-corrected chi connectivity index (χ2v) is 22.2. The Balaban J connectivity index is 0.887. The van der Waals surface area contributed by atoms with Gasteiger partial charge >= 0.3 is 0 Å². The number of aliphatic hydroxyl groups is 6. The number of ether oxygens (including phenoxy) is 6. The maximum Gasteiger partial charge on any atom is 0.240 e. The lowest BCUT2D eigenvalue weighted by molar-refractivity contribution is -0.246. The van der Waals surface area contributed by atoms with Gasteiger partial charge in [0.15, 0.2) is 24.1 Å². The van der Waals surface area contributed by atoms with Gasteiger partial charge in [0.05, 0.1) is 109 Å². The number of methoxy groups -OCH3 is 2. The lowest BCUT2D eigenvalue weighted by Crippen LogP contribution is -2.53. The van der Waals surface area contributed by atoms with Crippen molar-refractivity contribution in [1.29, 1.82) is 0 Å². The third kappa shape index (κ3) is 10.4. The van der Waals surface area contributed by atoms with Crippen LogP contribution < -0.4 is 31.8 Å². The summed E-state index contributed by atoms with van der Waals surface area (Å²) in [6, 6.07) is 6.67. The highest BCUT2D eigenvalue weighted by Gasteiger charge is 2.52. The summed E-state index contributed by atoms with van der Waals surface area (Å²) in [5.74, 6) is -8.63. The number of hydrazone groups is 2. The Morgan fingerprint density at radius 1 is 0.593 bits per heavy atom. The molecule has 2 aliphatic heterocycles. The Morgan fingerprint density at radius 2 is 0.953 bits per heavy atom. The van der Waals surface area contributed by atoms with Gasteiger partial charge in [-0.25, -0.2) is 10.9 Å². The lowest BCUT2D eigenvalue weighted by Gasteiger charge is -2.43. The highest BCUT2D eigenvalue weighted by molar-refractivity contribution is 6.32. The molecule has 12 atom stereocenters. The standard InChI is InChI=1S/C58H64N6O22/c1-21-47(69)27(59)13-37(83-21)85-31-17-57(79,15-25-41(31)55(77)45-43(51(25)73)49(71)23-7-5-9-29(81-3)39(23)53(45)75)33(19-65)61-63-35(67)11-12-36(68)64-62-34(20-66)58(80)16-26-42(32(18-58)86-38-14-28(60)48(70)22(2)84-38)56(78)46-44(52(26)74)50(72)24-8-6-10-30(82-4)40(24)54(46)76/h5-10,21-22,27-28,31-32,37-38,47-48,65-66,69-70,73-74,77-80H,11-20,59-60H2,1-4H3,(H,63,67)(H,64,68)/b61-33+,62-34+. The van der Waals surface area contributed by atoms with E-state index in [1.165, 1.54) is 64.5 Å². The van der Waals surface area contributed by atoms with E-state index in [0.29, 0.717) is 0 Å². The first-order chi connectivity index (χ1) is 40.8. The molecule has 0 spiro atoms. The highest BCUT2D eigenvalue weighted by atomic mass is 16.7. The molecular formula is C58H64N6O22. The summed E-state index contributed by atoms with van der Waals surface area (Å²) in [5, 5.41) is 123. The summed E-state index contributed by atoms with van der Waals surface area (Å²) < 4.78 is 35.0. The molecule has 2 amide bonds. The van der Waals surface area contributed by atoms with Crippen LogP contribution in [0.4, 0.5) is 0 Å². The quantitative estimate of drug-likeness (QED) is 0.0353. The SMILES string of the molecule is COc1cccc2c1C(=O)c1c(O)c3c(c(O)c1C2=O)CC(O)(/C(CO)=N/NC(=O)CCC(=O)N/N=C(\CO)C1(O)Cc2c(O)c4c(c(O)c2C(OC2CC(N)C(O)C(C)O2)C1)C(=O)c1c(OC)cccc1C4=O)CC3OC1CC(N)C(O)C(C)O1. The molecule has 28 nitrogen and oxygen atoms in total. The number of carbonyl (C=O) groups excluding carboxylic acids is 6. The van der Waals surface area contributed by atoms with E-state index in [4.69, 9.17) is 39.9 Å². The zero-order valence-electron chi connectivity index (χ0n) is 46.7. The van der Waals surface area contributed by atoms with Gasteiger partial charge in [0.1, 0.15) is 45.7 Å².